The molecule has 2 rings (SSSR count). The molecule has 1 aromatic carbocycles. The lowest BCUT2D eigenvalue weighted by atomic mass is 9.95. The van der Waals surface area contributed by atoms with E-state index < -0.39 is 12.2 Å². The highest BCUT2D eigenvalue weighted by atomic mass is 35.5. The molecule has 0 spiro atoms. The minimum absolute atomic E-state index is 0.255. The van der Waals surface area contributed by atoms with Gasteiger partial charge in [-0.2, -0.15) is 0 Å². The van der Waals surface area contributed by atoms with Gasteiger partial charge in [-0.3, -0.25) is 5.32 Å². The van der Waals surface area contributed by atoms with Gasteiger partial charge in [-0.15, -0.1) is 0 Å². The van der Waals surface area contributed by atoms with Crippen molar-refractivity contribution in [3.63, 3.8) is 0 Å². The van der Waals surface area contributed by atoms with E-state index in [4.69, 9.17) is 27.9 Å². The third kappa shape index (κ3) is 5.52. The molecule has 5 nitrogen and oxygen atoms in total. The molecule has 1 amide bonds. The highest BCUT2D eigenvalue weighted by Gasteiger charge is 2.18. The molecule has 1 aliphatic rings. The third-order valence-corrected chi connectivity index (χ3v) is 4.75. The van der Waals surface area contributed by atoms with Gasteiger partial charge >= 0.3 is 6.09 Å². The molecule has 0 aromatic heterocycles. The van der Waals surface area contributed by atoms with Gasteiger partial charge in [-0.05, 0) is 37.5 Å². The van der Waals surface area contributed by atoms with E-state index in [0.29, 0.717) is 18.2 Å². The second-order valence-corrected chi connectivity index (χ2v) is 6.78. The first kappa shape index (κ1) is 19.3. The Hall–Kier alpha value is -1.01. The third-order valence-electron chi connectivity index (χ3n) is 4.16. The molecule has 0 bridgehead atoms. The molecule has 0 saturated heterocycles. The first-order valence-electron chi connectivity index (χ1n) is 8.35. The number of carbonyl (C=O) groups excluding carboxylic acids is 1. The number of amides is 1. The van der Waals surface area contributed by atoms with Crippen molar-refractivity contribution < 1.29 is 14.6 Å². The van der Waals surface area contributed by atoms with Gasteiger partial charge in [-0.1, -0.05) is 42.5 Å². The first-order chi connectivity index (χ1) is 11.5. The van der Waals surface area contributed by atoms with Crippen molar-refractivity contribution in [3.05, 3.63) is 27.7 Å². The minimum Gasteiger partial charge on any atom is -0.450 e. The van der Waals surface area contributed by atoms with E-state index in [1.165, 1.54) is 19.3 Å². The Bertz CT molecular complexity index is 540. The van der Waals surface area contributed by atoms with Crippen LogP contribution in [0.1, 0.15) is 50.7 Å². The lowest BCUT2D eigenvalue weighted by molar-refractivity contribution is 0.165. The van der Waals surface area contributed by atoms with Crippen LogP contribution in [0.15, 0.2) is 12.1 Å². The van der Waals surface area contributed by atoms with Crippen LogP contribution in [0.25, 0.3) is 0 Å². The van der Waals surface area contributed by atoms with Crippen LogP contribution in [-0.4, -0.2) is 30.4 Å². The monoisotopic (exact) mass is 374 g/mol. The van der Waals surface area contributed by atoms with Crippen LogP contribution >= 0.6 is 23.2 Å². The van der Waals surface area contributed by atoms with Crippen LogP contribution in [0, 0.1) is 0 Å². The van der Waals surface area contributed by atoms with Gasteiger partial charge in [0.25, 0.3) is 0 Å². The zero-order valence-electron chi connectivity index (χ0n) is 13.8. The Kier molecular flexibility index (Phi) is 7.62. The smallest absolute Gasteiger partial charge is 0.411 e. The summed E-state index contributed by atoms with van der Waals surface area (Å²) in [5.41, 5.74) is 0.899. The molecule has 0 radical (unpaired) electrons. The van der Waals surface area contributed by atoms with Gasteiger partial charge in [0.1, 0.15) is 0 Å². The molecule has 24 heavy (non-hydrogen) atoms. The van der Waals surface area contributed by atoms with Crippen LogP contribution in [0.5, 0.6) is 0 Å². The standard InChI is InChI=1S/C17H24Cl2N2O3/c1-2-24-17(23)21-16-13(18)8-11(9-14(16)19)15(22)10-20-12-6-4-3-5-7-12/h8-9,12,15,20,22H,2-7,10H2,1H3,(H,21,23). The summed E-state index contributed by atoms with van der Waals surface area (Å²) in [4.78, 5) is 11.5. The number of aliphatic hydroxyl groups excluding tert-OH is 1. The molecule has 1 atom stereocenters. The molecule has 1 saturated carbocycles. The summed E-state index contributed by atoms with van der Waals surface area (Å²) in [6.45, 7) is 2.41. The van der Waals surface area contributed by atoms with Crippen LogP contribution in [0.2, 0.25) is 10.0 Å². The Labute approximate surface area is 152 Å². The van der Waals surface area contributed by atoms with Gasteiger partial charge in [0.15, 0.2) is 0 Å². The van der Waals surface area contributed by atoms with Crippen molar-refractivity contribution in [2.45, 2.75) is 51.2 Å². The number of ether oxygens (including phenoxy) is 1. The van der Waals surface area contributed by atoms with E-state index >= 15 is 0 Å². The largest absolute Gasteiger partial charge is 0.450 e. The minimum atomic E-state index is -0.710. The predicted molar refractivity (Wildman–Crippen MR) is 96.9 cm³/mol. The second-order valence-electron chi connectivity index (χ2n) is 5.96. The molecule has 7 heteroatoms. The summed E-state index contributed by atoms with van der Waals surface area (Å²) >= 11 is 12.4. The van der Waals surface area contributed by atoms with Crippen molar-refractivity contribution in [3.8, 4) is 0 Å². The Balaban J connectivity index is 1.98. The van der Waals surface area contributed by atoms with Gasteiger partial charge in [0.2, 0.25) is 0 Å². The van der Waals surface area contributed by atoms with E-state index in [-0.39, 0.29) is 22.3 Å². The maximum atomic E-state index is 11.5. The van der Waals surface area contributed by atoms with Crippen LogP contribution in [0.4, 0.5) is 10.5 Å². The Morgan fingerprint density at radius 2 is 1.92 bits per heavy atom. The molecule has 134 valence electrons. The molecule has 1 unspecified atom stereocenters. The second kappa shape index (κ2) is 9.47. The summed E-state index contributed by atoms with van der Waals surface area (Å²) < 4.78 is 4.81. The average molecular weight is 375 g/mol. The molecular formula is C17H24Cl2N2O3. The maximum Gasteiger partial charge on any atom is 0.411 e. The number of nitrogens with one attached hydrogen (secondary N) is 2. The van der Waals surface area contributed by atoms with Crippen molar-refractivity contribution in [1.82, 2.24) is 5.32 Å². The molecule has 1 fully saturated rings. The lowest BCUT2D eigenvalue weighted by Crippen LogP contribution is -2.34. The fraction of sp³-hybridized carbons (Fsp3) is 0.588. The number of benzene rings is 1. The van der Waals surface area contributed by atoms with Crippen molar-refractivity contribution in [2.24, 2.45) is 0 Å². The van der Waals surface area contributed by atoms with Crippen molar-refractivity contribution in [2.75, 3.05) is 18.5 Å². The quantitative estimate of drug-likeness (QED) is 0.684. The number of aliphatic hydroxyl groups is 1. The summed E-state index contributed by atoms with van der Waals surface area (Å²) in [7, 11) is 0. The van der Waals surface area contributed by atoms with E-state index in [9.17, 15) is 9.90 Å². The van der Waals surface area contributed by atoms with Gasteiger partial charge in [-0.25, -0.2) is 4.79 Å². The molecule has 3 N–H and O–H groups in total. The number of rotatable bonds is 6. The van der Waals surface area contributed by atoms with Gasteiger partial charge in [0.05, 0.1) is 28.4 Å². The highest BCUT2D eigenvalue weighted by molar-refractivity contribution is 6.39. The topological polar surface area (TPSA) is 70.6 Å². The number of halogens is 2. The van der Waals surface area contributed by atoms with Crippen LogP contribution in [0.3, 0.4) is 0 Å². The molecule has 1 aromatic rings. The zero-order chi connectivity index (χ0) is 17.5. The van der Waals surface area contributed by atoms with Crippen molar-refractivity contribution in [1.29, 1.82) is 0 Å². The summed E-state index contributed by atoms with van der Waals surface area (Å²) in [6, 6.07) is 3.69. The molecule has 0 aliphatic heterocycles. The fourth-order valence-corrected chi connectivity index (χ4v) is 3.48. The fourth-order valence-electron chi connectivity index (χ4n) is 2.88. The summed E-state index contributed by atoms with van der Waals surface area (Å²) in [6.07, 6.45) is 4.74. The normalized spacial score (nSPS) is 16.7. The Morgan fingerprint density at radius 3 is 2.50 bits per heavy atom. The maximum absolute atomic E-state index is 11.5. The Morgan fingerprint density at radius 1 is 1.29 bits per heavy atom. The summed E-state index contributed by atoms with van der Waals surface area (Å²) in [5, 5.41) is 16.8. The molecule has 1 aliphatic carbocycles. The van der Waals surface area contributed by atoms with Crippen LogP contribution < -0.4 is 10.6 Å². The molecule has 0 heterocycles. The van der Waals surface area contributed by atoms with Gasteiger partial charge < -0.3 is 15.2 Å². The number of carbonyl (C=O) groups is 1. The zero-order valence-corrected chi connectivity index (χ0v) is 15.3. The number of hydrogen-bond acceptors (Lipinski definition) is 4. The predicted octanol–water partition coefficient (Wildman–Crippen LogP) is 4.52. The summed E-state index contributed by atoms with van der Waals surface area (Å²) in [5.74, 6) is 0. The van der Waals surface area contributed by atoms with E-state index in [1.54, 1.807) is 19.1 Å². The first-order valence-corrected chi connectivity index (χ1v) is 9.11. The van der Waals surface area contributed by atoms with E-state index in [2.05, 4.69) is 10.6 Å². The number of hydrogen-bond donors (Lipinski definition) is 3. The van der Waals surface area contributed by atoms with Crippen molar-refractivity contribution >= 4 is 35.0 Å². The average Bonchev–Trinajstić information content (AvgIpc) is 2.57. The van der Waals surface area contributed by atoms with E-state index in [0.717, 1.165) is 12.8 Å². The molecular weight excluding hydrogens is 351 g/mol. The van der Waals surface area contributed by atoms with Crippen LogP contribution in [-0.2, 0) is 4.74 Å². The number of anilines is 1. The highest BCUT2D eigenvalue weighted by Crippen LogP contribution is 2.34. The van der Waals surface area contributed by atoms with Gasteiger partial charge in [0, 0.05) is 12.6 Å². The lowest BCUT2D eigenvalue weighted by Gasteiger charge is -2.24. The van der Waals surface area contributed by atoms with E-state index in [1.807, 2.05) is 0 Å². The SMILES string of the molecule is CCOC(=O)Nc1c(Cl)cc(C(O)CNC2CCCCC2)cc1Cl.